The molecule has 19 heavy (non-hydrogen) atoms. The molecule has 4 nitrogen and oxygen atoms in total. The Kier molecular flexibility index (Phi) is 4.82. The zero-order valence-electron chi connectivity index (χ0n) is 10.5. The summed E-state index contributed by atoms with van der Waals surface area (Å²) in [5.41, 5.74) is 1.81. The predicted molar refractivity (Wildman–Crippen MR) is 75.8 cm³/mol. The van der Waals surface area contributed by atoms with Gasteiger partial charge in [-0.25, -0.2) is 4.79 Å². The fourth-order valence-electron chi connectivity index (χ4n) is 2.09. The highest BCUT2D eigenvalue weighted by atomic mass is 35.5. The maximum Gasteiger partial charge on any atom is 0.328 e. The van der Waals surface area contributed by atoms with Crippen LogP contribution in [-0.2, 0) is 9.53 Å². The summed E-state index contributed by atoms with van der Waals surface area (Å²) < 4.78 is 5.43. The smallest absolute Gasteiger partial charge is 0.328 e. The lowest BCUT2D eigenvalue weighted by atomic mass is 10.1. The molecule has 0 unspecified atom stereocenters. The maximum absolute atomic E-state index is 10.6. The lowest BCUT2D eigenvalue weighted by Gasteiger charge is -2.24. The molecular formula is C14H16ClNO3. The van der Waals surface area contributed by atoms with E-state index in [0.717, 1.165) is 43.4 Å². The number of rotatable bonds is 3. The van der Waals surface area contributed by atoms with Crippen LogP contribution in [0.25, 0.3) is 6.08 Å². The van der Waals surface area contributed by atoms with Crippen LogP contribution in [0, 0.1) is 0 Å². The number of nitrogens with zero attached hydrogens (tertiary/aromatic N) is 1. The third-order valence-corrected chi connectivity index (χ3v) is 3.19. The van der Waals surface area contributed by atoms with Crippen molar-refractivity contribution < 1.29 is 14.6 Å². The molecule has 1 heterocycles. The average Bonchev–Trinajstić information content (AvgIpc) is 2.65. The number of halogens is 1. The second-order valence-electron chi connectivity index (χ2n) is 4.33. The van der Waals surface area contributed by atoms with Gasteiger partial charge in [0.25, 0.3) is 0 Å². The molecule has 1 saturated heterocycles. The zero-order valence-corrected chi connectivity index (χ0v) is 11.3. The second-order valence-corrected chi connectivity index (χ2v) is 4.76. The van der Waals surface area contributed by atoms with Crippen molar-refractivity contribution >= 4 is 29.3 Å². The topological polar surface area (TPSA) is 49.8 Å². The summed E-state index contributed by atoms with van der Waals surface area (Å²) in [5, 5.41) is 9.33. The molecule has 0 radical (unpaired) electrons. The third kappa shape index (κ3) is 3.98. The van der Waals surface area contributed by atoms with Crippen LogP contribution < -0.4 is 4.90 Å². The minimum Gasteiger partial charge on any atom is -0.478 e. The molecule has 1 aromatic carbocycles. The van der Waals surface area contributed by atoms with Crippen molar-refractivity contribution in [3.63, 3.8) is 0 Å². The number of hydrogen-bond donors (Lipinski definition) is 1. The summed E-state index contributed by atoms with van der Waals surface area (Å²) >= 11 is 5.98. The SMILES string of the molecule is O=C(O)/C=C/c1cc(Cl)ccc1N1CCCOCC1. The molecule has 0 amide bonds. The van der Waals surface area contributed by atoms with E-state index in [9.17, 15) is 4.79 Å². The van der Waals surface area contributed by atoms with E-state index >= 15 is 0 Å². The molecule has 0 aliphatic carbocycles. The Hall–Kier alpha value is -1.52. The van der Waals surface area contributed by atoms with Crippen molar-refractivity contribution in [1.29, 1.82) is 0 Å². The molecule has 0 saturated carbocycles. The van der Waals surface area contributed by atoms with Crippen molar-refractivity contribution in [3.05, 3.63) is 34.9 Å². The Morgan fingerprint density at radius 3 is 3.00 bits per heavy atom. The largest absolute Gasteiger partial charge is 0.478 e. The Balaban J connectivity index is 2.29. The van der Waals surface area contributed by atoms with Gasteiger partial charge in [-0.3, -0.25) is 0 Å². The molecule has 2 rings (SSSR count). The molecule has 1 aromatic rings. The lowest BCUT2D eigenvalue weighted by molar-refractivity contribution is -0.131. The van der Waals surface area contributed by atoms with Gasteiger partial charge in [-0.2, -0.15) is 0 Å². The van der Waals surface area contributed by atoms with E-state index in [0.29, 0.717) is 11.6 Å². The number of aliphatic carboxylic acids is 1. The molecule has 102 valence electrons. The molecule has 1 N–H and O–H groups in total. The van der Waals surface area contributed by atoms with Crippen molar-refractivity contribution in [3.8, 4) is 0 Å². The van der Waals surface area contributed by atoms with E-state index in [1.165, 1.54) is 0 Å². The molecule has 1 aliphatic rings. The fraction of sp³-hybridized carbons (Fsp3) is 0.357. The van der Waals surface area contributed by atoms with Gasteiger partial charge < -0.3 is 14.7 Å². The number of carboxylic acid groups (broad SMARTS) is 1. The quantitative estimate of drug-likeness (QED) is 0.866. The molecule has 1 aliphatic heterocycles. The molecule has 0 atom stereocenters. The Bertz CT molecular complexity index is 480. The molecule has 0 bridgehead atoms. The maximum atomic E-state index is 10.6. The Morgan fingerprint density at radius 1 is 1.37 bits per heavy atom. The van der Waals surface area contributed by atoms with Crippen LogP contribution in [0.2, 0.25) is 5.02 Å². The van der Waals surface area contributed by atoms with Gasteiger partial charge in [-0.15, -0.1) is 0 Å². The number of anilines is 1. The van der Waals surface area contributed by atoms with Crippen molar-refractivity contribution in [1.82, 2.24) is 0 Å². The molecular weight excluding hydrogens is 266 g/mol. The first-order valence-electron chi connectivity index (χ1n) is 6.20. The predicted octanol–water partition coefficient (Wildman–Crippen LogP) is 2.66. The number of hydrogen-bond acceptors (Lipinski definition) is 3. The molecule has 1 fully saturated rings. The number of carboxylic acids is 1. The Morgan fingerprint density at radius 2 is 2.21 bits per heavy atom. The van der Waals surface area contributed by atoms with E-state index in [4.69, 9.17) is 21.4 Å². The van der Waals surface area contributed by atoms with Gasteiger partial charge in [-0.1, -0.05) is 11.6 Å². The van der Waals surface area contributed by atoms with Crippen LogP contribution in [0.1, 0.15) is 12.0 Å². The number of carbonyl (C=O) groups is 1. The summed E-state index contributed by atoms with van der Waals surface area (Å²) in [6.45, 7) is 3.15. The normalized spacial score (nSPS) is 16.6. The van der Waals surface area contributed by atoms with Crippen LogP contribution in [0.4, 0.5) is 5.69 Å². The van der Waals surface area contributed by atoms with E-state index < -0.39 is 5.97 Å². The highest BCUT2D eigenvalue weighted by molar-refractivity contribution is 6.30. The van der Waals surface area contributed by atoms with E-state index in [1.807, 2.05) is 12.1 Å². The number of ether oxygens (including phenoxy) is 1. The average molecular weight is 282 g/mol. The van der Waals surface area contributed by atoms with Gasteiger partial charge >= 0.3 is 5.97 Å². The van der Waals surface area contributed by atoms with Crippen LogP contribution in [0.3, 0.4) is 0 Å². The zero-order chi connectivity index (χ0) is 13.7. The minimum absolute atomic E-state index is 0.597. The summed E-state index contributed by atoms with van der Waals surface area (Å²) in [7, 11) is 0. The lowest BCUT2D eigenvalue weighted by Crippen LogP contribution is -2.26. The van der Waals surface area contributed by atoms with Crippen molar-refractivity contribution in [2.45, 2.75) is 6.42 Å². The standard InChI is InChI=1S/C14H16ClNO3/c15-12-3-4-13(11(10-12)2-5-14(17)18)16-6-1-8-19-9-7-16/h2-5,10H,1,6-9H2,(H,17,18)/b5-2+. The van der Waals surface area contributed by atoms with Gasteiger partial charge in [-0.05, 0) is 36.3 Å². The first kappa shape index (κ1) is 13.9. The summed E-state index contributed by atoms with van der Waals surface area (Å²) in [6, 6.07) is 5.53. The first-order chi connectivity index (χ1) is 9.16. The monoisotopic (exact) mass is 281 g/mol. The summed E-state index contributed by atoms with van der Waals surface area (Å²) in [6.07, 6.45) is 3.67. The highest BCUT2D eigenvalue weighted by Gasteiger charge is 2.13. The summed E-state index contributed by atoms with van der Waals surface area (Å²) in [4.78, 5) is 12.8. The van der Waals surface area contributed by atoms with E-state index in [2.05, 4.69) is 4.90 Å². The molecule has 5 heteroatoms. The van der Waals surface area contributed by atoms with Gasteiger partial charge in [0.15, 0.2) is 0 Å². The first-order valence-corrected chi connectivity index (χ1v) is 6.58. The van der Waals surface area contributed by atoms with Crippen LogP contribution in [0.15, 0.2) is 24.3 Å². The second kappa shape index (κ2) is 6.59. The van der Waals surface area contributed by atoms with Crippen LogP contribution in [-0.4, -0.2) is 37.4 Å². The minimum atomic E-state index is -0.967. The summed E-state index contributed by atoms with van der Waals surface area (Å²) in [5.74, 6) is -0.967. The highest BCUT2D eigenvalue weighted by Crippen LogP contribution is 2.26. The van der Waals surface area contributed by atoms with E-state index in [-0.39, 0.29) is 0 Å². The fourth-order valence-corrected chi connectivity index (χ4v) is 2.28. The molecule has 0 aromatic heterocycles. The van der Waals surface area contributed by atoms with E-state index in [1.54, 1.807) is 12.1 Å². The van der Waals surface area contributed by atoms with Gasteiger partial charge in [0, 0.05) is 36.5 Å². The van der Waals surface area contributed by atoms with Crippen molar-refractivity contribution in [2.24, 2.45) is 0 Å². The van der Waals surface area contributed by atoms with Crippen LogP contribution >= 0.6 is 11.6 Å². The van der Waals surface area contributed by atoms with Gasteiger partial charge in [0.1, 0.15) is 0 Å². The van der Waals surface area contributed by atoms with Crippen molar-refractivity contribution in [2.75, 3.05) is 31.2 Å². The molecule has 0 spiro atoms. The van der Waals surface area contributed by atoms with Gasteiger partial charge in [0.05, 0.1) is 6.61 Å². The number of benzene rings is 1. The third-order valence-electron chi connectivity index (χ3n) is 2.96. The Labute approximate surface area is 117 Å². The van der Waals surface area contributed by atoms with Gasteiger partial charge in [0.2, 0.25) is 0 Å². The van der Waals surface area contributed by atoms with Crippen LogP contribution in [0.5, 0.6) is 0 Å².